The van der Waals surface area contributed by atoms with Gasteiger partial charge in [0.05, 0.1) is 0 Å². The van der Waals surface area contributed by atoms with Crippen molar-refractivity contribution in [2.75, 3.05) is 0 Å². The molecule has 0 aliphatic heterocycles. The second kappa shape index (κ2) is 2.09. The number of hydrogen-bond acceptors (Lipinski definition) is 1. The zero-order valence-corrected chi connectivity index (χ0v) is 5.60. The number of phenolic OH excluding ortho intramolecular Hbond substituents is 1. The van der Waals surface area contributed by atoms with E-state index in [0.717, 1.165) is 11.1 Å². The van der Waals surface area contributed by atoms with E-state index in [0.29, 0.717) is 5.75 Å². The summed E-state index contributed by atoms with van der Waals surface area (Å²) in [7, 11) is 0. The van der Waals surface area contributed by atoms with Gasteiger partial charge >= 0.3 is 0 Å². The van der Waals surface area contributed by atoms with Crippen LogP contribution in [0, 0.1) is 19.9 Å². The number of phenols is 1. The van der Waals surface area contributed by atoms with Crippen LogP contribution >= 0.6 is 0 Å². The molecule has 0 fully saturated rings. The Morgan fingerprint density at radius 2 is 1.67 bits per heavy atom. The highest BCUT2D eigenvalue weighted by Gasteiger charge is 1.90. The summed E-state index contributed by atoms with van der Waals surface area (Å²) < 4.78 is 0. The molecule has 1 radical (unpaired) electrons. The highest BCUT2D eigenvalue weighted by atomic mass is 16.3. The topological polar surface area (TPSA) is 20.2 Å². The van der Waals surface area contributed by atoms with Crippen LogP contribution in [0.5, 0.6) is 5.75 Å². The number of rotatable bonds is 0. The van der Waals surface area contributed by atoms with Crippen LogP contribution in [-0.4, -0.2) is 5.11 Å². The number of hydrogen-bond donors (Lipinski definition) is 1. The lowest BCUT2D eigenvalue weighted by Crippen LogP contribution is -1.75. The largest absolute Gasteiger partial charge is 0.508 e. The Kier molecular flexibility index (Phi) is 1.43. The van der Waals surface area contributed by atoms with E-state index >= 15 is 0 Å². The van der Waals surface area contributed by atoms with Crippen LogP contribution in [0.25, 0.3) is 0 Å². The third-order valence-corrected chi connectivity index (χ3v) is 1.12. The van der Waals surface area contributed by atoms with Crippen LogP contribution < -0.4 is 0 Å². The molecule has 1 rings (SSSR count). The minimum atomic E-state index is 0.323. The SMILES string of the molecule is Cc1[c]c(C)cc(O)c1. The summed E-state index contributed by atoms with van der Waals surface area (Å²) in [6, 6.07) is 6.43. The van der Waals surface area contributed by atoms with Gasteiger partial charge in [-0.1, -0.05) is 0 Å². The van der Waals surface area contributed by atoms with Crippen molar-refractivity contribution in [2.45, 2.75) is 13.8 Å². The van der Waals surface area contributed by atoms with E-state index in [2.05, 4.69) is 6.07 Å². The smallest absolute Gasteiger partial charge is 0.116 e. The van der Waals surface area contributed by atoms with E-state index in [-0.39, 0.29) is 0 Å². The summed E-state index contributed by atoms with van der Waals surface area (Å²) in [6.45, 7) is 3.82. The Morgan fingerprint density at radius 3 is 2.00 bits per heavy atom. The van der Waals surface area contributed by atoms with Crippen molar-refractivity contribution in [3.05, 3.63) is 29.3 Å². The Labute approximate surface area is 55.0 Å². The van der Waals surface area contributed by atoms with Gasteiger partial charge in [-0.15, -0.1) is 0 Å². The minimum Gasteiger partial charge on any atom is -0.508 e. The molecule has 1 nitrogen and oxygen atoms in total. The average molecular weight is 121 g/mol. The standard InChI is InChI=1S/C8H9O/c1-6-3-7(2)5-8(9)4-6/h4-5,9H,1-2H3. The Morgan fingerprint density at radius 1 is 1.22 bits per heavy atom. The molecule has 1 aromatic carbocycles. The Bertz CT molecular complexity index is 165. The van der Waals surface area contributed by atoms with Gasteiger partial charge in [0.1, 0.15) is 5.75 Å². The first-order valence-electron chi connectivity index (χ1n) is 2.88. The molecule has 0 aliphatic carbocycles. The summed E-state index contributed by atoms with van der Waals surface area (Å²) in [6.07, 6.45) is 0. The summed E-state index contributed by atoms with van der Waals surface area (Å²) >= 11 is 0. The molecule has 0 amide bonds. The average Bonchev–Trinajstić information content (AvgIpc) is 1.59. The molecule has 0 bridgehead atoms. The van der Waals surface area contributed by atoms with Crippen molar-refractivity contribution in [1.29, 1.82) is 0 Å². The fraction of sp³-hybridized carbons (Fsp3) is 0.250. The van der Waals surface area contributed by atoms with E-state index < -0.39 is 0 Å². The first-order valence-corrected chi connectivity index (χ1v) is 2.88. The number of benzene rings is 1. The lowest BCUT2D eigenvalue weighted by molar-refractivity contribution is 0.474. The fourth-order valence-electron chi connectivity index (χ4n) is 0.868. The highest BCUT2D eigenvalue weighted by molar-refractivity contribution is 5.30. The van der Waals surface area contributed by atoms with E-state index in [1.165, 1.54) is 0 Å². The van der Waals surface area contributed by atoms with Crippen LogP contribution in [0.2, 0.25) is 0 Å². The van der Waals surface area contributed by atoms with Gasteiger partial charge in [0.15, 0.2) is 0 Å². The zero-order chi connectivity index (χ0) is 6.85. The fourth-order valence-corrected chi connectivity index (χ4v) is 0.868. The molecule has 0 aromatic heterocycles. The van der Waals surface area contributed by atoms with Crippen molar-refractivity contribution in [3.63, 3.8) is 0 Å². The maximum absolute atomic E-state index is 8.97. The molecule has 1 heteroatoms. The molecule has 0 spiro atoms. The van der Waals surface area contributed by atoms with Crippen LogP contribution in [0.4, 0.5) is 0 Å². The second-order valence-corrected chi connectivity index (χ2v) is 2.20. The maximum atomic E-state index is 8.97. The van der Waals surface area contributed by atoms with E-state index in [9.17, 15) is 0 Å². The molecule has 0 atom stereocenters. The highest BCUT2D eigenvalue weighted by Crippen LogP contribution is 2.12. The van der Waals surface area contributed by atoms with E-state index in [1.807, 2.05) is 13.8 Å². The first kappa shape index (κ1) is 6.14. The van der Waals surface area contributed by atoms with Crippen molar-refractivity contribution >= 4 is 0 Å². The lowest BCUT2D eigenvalue weighted by atomic mass is 10.1. The van der Waals surface area contributed by atoms with Crippen molar-refractivity contribution < 1.29 is 5.11 Å². The lowest BCUT2D eigenvalue weighted by Gasteiger charge is -1.95. The molecule has 47 valence electrons. The molecule has 1 aromatic rings. The van der Waals surface area contributed by atoms with Gasteiger partial charge < -0.3 is 5.11 Å². The van der Waals surface area contributed by atoms with Gasteiger partial charge in [-0.3, -0.25) is 0 Å². The molecule has 0 heterocycles. The Balaban J connectivity index is 3.17. The summed E-state index contributed by atoms with van der Waals surface area (Å²) in [5.41, 5.74) is 1.96. The van der Waals surface area contributed by atoms with Gasteiger partial charge in [-0.25, -0.2) is 0 Å². The number of aromatic hydroxyl groups is 1. The molecule has 0 saturated carbocycles. The molecule has 9 heavy (non-hydrogen) atoms. The van der Waals surface area contributed by atoms with Crippen molar-refractivity contribution in [1.82, 2.24) is 0 Å². The molecule has 1 N–H and O–H groups in total. The van der Waals surface area contributed by atoms with Crippen LogP contribution in [0.3, 0.4) is 0 Å². The summed E-state index contributed by atoms with van der Waals surface area (Å²) in [5, 5.41) is 8.97. The van der Waals surface area contributed by atoms with Crippen molar-refractivity contribution in [2.24, 2.45) is 0 Å². The third kappa shape index (κ3) is 1.46. The quantitative estimate of drug-likeness (QED) is 0.555. The van der Waals surface area contributed by atoms with Gasteiger partial charge in [0.25, 0.3) is 0 Å². The second-order valence-electron chi connectivity index (χ2n) is 2.20. The predicted molar refractivity (Wildman–Crippen MR) is 36.4 cm³/mol. The molecule has 0 saturated heterocycles. The molecular weight excluding hydrogens is 112 g/mol. The maximum Gasteiger partial charge on any atom is 0.116 e. The van der Waals surface area contributed by atoms with Gasteiger partial charge in [0.2, 0.25) is 0 Å². The van der Waals surface area contributed by atoms with Gasteiger partial charge in [-0.2, -0.15) is 0 Å². The van der Waals surface area contributed by atoms with E-state index in [1.54, 1.807) is 12.1 Å². The predicted octanol–water partition coefficient (Wildman–Crippen LogP) is 1.81. The molecule has 0 aliphatic rings. The normalized spacial score (nSPS) is 9.56. The van der Waals surface area contributed by atoms with Crippen LogP contribution in [0.1, 0.15) is 11.1 Å². The molecular formula is C8H9O. The summed E-state index contributed by atoms with van der Waals surface area (Å²) in [5.74, 6) is 0.323. The number of aryl methyl sites for hydroxylation is 2. The monoisotopic (exact) mass is 121 g/mol. The zero-order valence-electron chi connectivity index (χ0n) is 5.60. The van der Waals surface area contributed by atoms with Crippen LogP contribution in [-0.2, 0) is 0 Å². The first-order chi connectivity index (χ1) is 4.18. The minimum absolute atomic E-state index is 0.323. The van der Waals surface area contributed by atoms with Gasteiger partial charge in [-0.05, 0) is 43.2 Å². The molecule has 0 unspecified atom stereocenters. The van der Waals surface area contributed by atoms with Crippen molar-refractivity contribution in [3.8, 4) is 5.75 Å². The Hall–Kier alpha value is -0.980. The summed E-state index contributed by atoms with van der Waals surface area (Å²) in [4.78, 5) is 0. The van der Waals surface area contributed by atoms with Gasteiger partial charge in [0, 0.05) is 0 Å². The van der Waals surface area contributed by atoms with Crippen LogP contribution in [0.15, 0.2) is 12.1 Å². The third-order valence-electron chi connectivity index (χ3n) is 1.12. The van der Waals surface area contributed by atoms with E-state index in [4.69, 9.17) is 5.11 Å².